The number of hydrogen-bond acceptors (Lipinski definition) is 5. The largest absolute Gasteiger partial charge is 0.407 e. The Morgan fingerprint density at radius 2 is 2.00 bits per heavy atom. The molecule has 1 saturated heterocycles. The predicted octanol–water partition coefficient (Wildman–Crippen LogP) is 2.49. The second kappa shape index (κ2) is 6.43. The summed E-state index contributed by atoms with van der Waals surface area (Å²) in [5, 5.41) is 10.4. The smallest absolute Gasteiger partial charge is 0.322 e. The molecule has 1 fully saturated rings. The molecule has 0 saturated carbocycles. The first-order valence-corrected chi connectivity index (χ1v) is 7.95. The molecule has 1 aromatic heterocycles. The molecule has 1 aliphatic rings. The van der Waals surface area contributed by atoms with Crippen molar-refractivity contribution in [1.82, 2.24) is 10.2 Å². The molecule has 0 radical (unpaired) electrons. The molecular formula is C17H20N4O3. The van der Waals surface area contributed by atoms with Gasteiger partial charge in [-0.2, -0.15) is 0 Å². The number of carbonyl (C=O) groups is 2. The summed E-state index contributed by atoms with van der Waals surface area (Å²) in [6.07, 6.45) is 0.313. The summed E-state index contributed by atoms with van der Waals surface area (Å²) in [5.74, 6) is -0.137. The van der Waals surface area contributed by atoms with Gasteiger partial charge in [0.2, 0.25) is 17.7 Å². The Labute approximate surface area is 140 Å². The van der Waals surface area contributed by atoms with Crippen LogP contribution in [-0.2, 0) is 9.59 Å². The maximum absolute atomic E-state index is 12.3. The van der Waals surface area contributed by atoms with E-state index in [9.17, 15) is 9.59 Å². The van der Waals surface area contributed by atoms with Gasteiger partial charge in [0.05, 0.1) is 5.92 Å². The molecule has 126 valence electrons. The molecule has 2 heterocycles. The quantitative estimate of drug-likeness (QED) is 0.931. The first-order valence-electron chi connectivity index (χ1n) is 7.95. The van der Waals surface area contributed by atoms with Crippen molar-refractivity contribution in [2.45, 2.75) is 33.1 Å². The average molecular weight is 328 g/mol. The maximum Gasteiger partial charge on any atom is 0.322 e. The predicted molar refractivity (Wildman–Crippen MR) is 88.7 cm³/mol. The molecule has 2 aromatic rings. The number of rotatable bonds is 4. The molecule has 1 aliphatic heterocycles. The van der Waals surface area contributed by atoms with Crippen LogP contribution in [-0.4, -0.2) is 28.6 Å². The third-order valence-corrected chi connectivity index (χ3v) is 4.02. The van der Waals surface area contributed by atoms with Crippen molar-refractivity contribution in [3.63, 3.8) is 0 Å². The fourth-order valence-corrected chi connectivity index (χ4v) is 2.55. The first kappa shape index (κ1) is 16.2. The van der Waals surface area contributed by atoms with E-state index in [0.29, 0.717) is 18.9 Å². The second-order valence-corrected chi connectivity index (χ2v) is 6.33. The number of nitrogens with zero attached hydrogens (tertiary/aromatic N) is 3. The fraction of sp³-hybridized carbons (Fsp3) is 0.412. The van der Waals surface area contributed by atoms with Gasteiger partial charge in [-0.15, -0.1) is 5.10 Å². The number of aryl methyl sites for hydroxylation is 1. The molecule has 3 rings (SSSR count). The zero-order chi connectivity index (χ0) is 17.3. The van der Waals surface area contributed by atoms with Gasteiger partial charge in [-0.25, -0.2) is 0 Å². The van der Waals surface area contributed by atoms with E-state index in [1.807, 2.05) is 31.2 Å². The fourth-order valence-electron chi connectivity index (χ4n) is 2.55. The lowest BCUT2D eigenvalue weighted by atomic mass is 10.1. The van der Waals surface area contributed by atoms with Crippen molar-refractivity contribution >= 4 is 23.5 Å². The van der Waals surface area contributed by atoms with Crippen molar-refractivity contribution in [2.24, 2.45) is 5.92 Å². The molecule has 2 amide bonds. The third-order valence-electron chi connectivity index (χ3n) is 4.02. The van der Waals surface area contributed by atoms with E-state index in [1.54, 1.807) is 18.7 Å². The molecule has 1 atom stereocenters. The summed E-state index contributed by atoms with van der Waals surface area (Å²) in [7, 11) is 0. The Morgan fingerprint density at radius 1 is 1.29 bits per heavy atom. The lowest BCUT2D eigenvalue weighted by Gasteiger charge is -2.16. The highest BCUT2D eigenvalue weighted by atomic mass is 16.4. The van der Waals surface area contributed by atoms with Gasteiger partial charge in [-0.1, -0.05) is 36.6 Å². The highest BCUT2D eigenvalue weighted by Crippen LogP contribution is 2.31. The second-order valence-electron chi connectivity index (χ2n) is 6.33. The summed E-state index contributed by atoms with van der Waals surface area (Å²) < 4.78 is 5.51. The van der Waals surface area contributed by atoms with E-state index in [1.165, 1.54) is 0 Å². The molecule has 1 aromatic carbocycles. The minimum absolute atomic E-state index is 0.0230. The number of amides is 2. The summed E-state index contributed by atoms with van der Waals surface area (Å²) in [5.41, 5.74) is 2.00. The summed E-state index contributed by atoms with van der Waals surface area (Å²) in [4.78, 5) is 25.7. The third kappa shape index (κ3) is 3.29. The highest BCUT2D eigenvalue weighted by molar-refractivity contribution is 5.96. The van der Waals surface area contributed by atoms with E-state index < -0.39 is 0 Å². The number of nitrogens with one attached hydrogen (secondary N) is 1. The lowest BCUT2D eigenvalue weighted by Crippen LogP contribution is -2.24. The van der Waals surface area contributed by atoms with Gasteiger partial charge in [0.1, 0.15) is 0 Å². The highest BCUT2D eigenvalue weighted by Gasteiger charge is 2.35. The summed E-state index contributed by atoms with van der Waals surface area (Å²) in [6, 6.07) is 7.88. The van der Waals surface area contributed by atoms with Gasteiger partial charge in [-0.3, -0.25) is 14.9 Å². The van der Waals surface area contributed by atoms with Gasteiger partial charge in [0.25, 0.3) is 0 Å². The number of anilines is 2. The number of aromatic nitrogens is 2. The molecule has 0 bridgehead atoms. The maximum atomic E-state index is 12.3. The molecule has 7 nitrogen and oxygen atoms in total. The van der Waals surface area contributed by atoms with E-state index in [0.717, 1.165) is 11.3 Å². The van der Waals surface area contributed by atoms with Gasteiger partial charge in [0.15, 0.2) is 0 Å². The zero-order valence-corrected chi connectivity index (χ0v) is 13.9. The Balaban J connectivity index is 1.71. The van der Waals surface area contributed by atoms with Crippen LogP contribution in [0.3, 0.4) is 0 Å². The van der Waals surface area contributed by atoms with Crippen LogP contribution in [0.25, 0.3) is 0 Å². The van der Waals surface area contributed by atoms with E-state index in [4.69, 9.17) is 4.42 Å². The normalized spacial score (nSPS) is 17.6. The number of hydrogen-bond donors (Lipinski definition) is 1. The van der Waals surface area contributed by atoms with E-state index in [-0.39, 0.29) is 29.7 Å². The Morgan fingerprint density at radius 3 is 2.67 bits per heavy atom. The molecule has 1 N–H and O–H groups in total. The van der Waals surface area contributed by atoms with E-state index in [2.05, 4.69) is 15.5 Å². The van der Waals surface area contributed by atoms with Crippen LogP contribution < -0.4 is 10.2 Å². The van der Waals surface area contributed by atoms with Crippen LogP contribution in [0.2, 0.25) is 0 Å². The minimum Gasteiger partial charge on any atom is -0.407 e. The van der Waals surface area contributed by atoms with Crippen LogP contribution in [0, 0.1) is 12.8 Å². The summed E-state index contributed by atoms with van der Waals surface area (Å²) >= 11 is 0. The van der Waals surface area contributed by atoms with Crippen molar-refractivity contribution < 1.29 is 14.0 Å². The van der Waals surface area contributed by atoms with Crippen molar-refractivity contribution in [2.75, 3.05) is 16.8 Å². The van der Waals surface area contributed by atoms with Crippen molar-refractivity contribution in [3.8, 4) is 0 Å². The molecule has 24 heavy (non-hydrogen) atoms. The molecule has 0 spiro atoms. The van der Waals surface area contributed by atoms with Gasteiger partial charge >= 0.3 is 6.01 Å². The van der Waals surface area contributed by atoms with Gasteiger partial charge in [-0.05, 0) is 19.1 Å². The van der Waals surface area contributed by atoms with Crippen LogP contribution in [0.5, 0.6) is 0 Å². The lowest BCUT2D eigenvalue weighted by molar-refractivity contribution is -0.119. The number of carbonyl (C=O) groups excluding carboxylic acids is 2. The SMILES string of the molecule is Cc1ccc(N2C[C@H](c3nnc(NC(=O)C(C)C)o3)CC2=O)cc1. The molecule has 7 heteroatoms. The summed E-state index contributed by atoms with van der Waals surface area (Å²) in [6.45, 7) is 6.05. The molecular weight excluding hydrogens is 308 g/mol. The van der Waals surface area contributed by atoms with Crippen LogP contribution in [0.15, 0.2) is 28.7 Å². The van der Waals surface area contributed by atoms with Crippen LogP contribution in [0.4, 0.5) is 11.7 Å². The topological polar surface area (TPSA) is 88.3 Å². The standard InChI is InChI=1S/C17H20N4O3/c1-10(2)15(23)18-17-20-19-16(24-17)12-8-14(22)21(9-12)13-6-4-11(3)5-7-13/h4-7,10,12H,8-9H2,1-3H3,(H,18,20,23)/t12-/m1/s1. The van der Waals surface area contributed by atoms with Crippen LogP contribution in [0.1, 0.15) is 37.6 Å². The Bertz CT molecular complexity index is 751. The average Bonchev–Trinajstić information content (AvgIpc) is 3.15. The molecule has 0 unspecified atom stereocenters. The Hall–Kier alpha value is -2.70. The number of benzene rings is 1. The minimum atomic E-state index is -0.186. The monoisotopic (exact) mass is 328 g/mol. The first-order chi connectivity index (χ1) is 11.4. The zero-order valence-electron chi connectivity index (χ0n) is 13.9. The van der Waals surface area contributed by atoms with E-state index >= 15 is 0 Å². The Kier molecular flexibility index (Phi) is 4.33. The van der Waals surface area contributed by atoms with Crippen molar-refractivity contribution in [3.05, 3.63) is 35.7 Å². The van der Waals surface area contributed by atoms with Crippen molar-refractivity contribution in [1.29, 1.82) is 0 Å². The van der Waals surface area contributed by atoms with Gasteiger partial charge < -0.3 is 9.32 Å². The van der Waals surface area contributed by atoms with Crippen LogP contribution >= 0.6 is 0 Å². The van der Waals surface area contributed by atoms with Gasteiger partial charge in [0, 0.05) is 24.6 Å². The molecule has 0 aliphatic carbocycles.